The number of amides is 1. The summed E-state index contributed by atoms with van der Waals surface area (Å²) in [5.74, 6) is 0.207. The molecule has 2 aromatic carbocycles. The van der Waals surface area contributed by atoms with Gasteiger partial charge < -0.3 is 14.8 Å². The molecule has 1 saturated heterocycles. The molecule has 166 valence electrons. The van der Waals surface area contributed by atoms with Gasteiger partial charge in [-0.05, 0) is 30.2 Å². The molecular formula is C26H24N4O3. The maximum atomic E-state index is 13.4. The van der Waals surface area contributed by atoms with Gasteiger partial charge in [0.15, 0.2) is 12.1 Å². The van der Waals surface area contributed by atoms with E-state index in [0.717, 1.165) is 16.8 Å². The molecule has 0 saturated carbocycles. The van der Waals surface area contributed by atoms with Gasteiger partial charge in [-0.3, -0.25) is 4.79 Å². The van der Waals surface area contributed by atoms with E-state index < -0.39 is 6.29 Å². The first-order valence-electron chi connectivity index (χ1n) is 10.9. The van der Waals surface area contributed by atoms with Crippen LogP contribution in [0.3, 0.4) is 0 Å². The predicted molar refractivity (Wildman–Crippen MR) is 124 cm³/mol. The number of benzene rings is 2. The van der Waals surface area contributed by atoms with E-state index in [1.54, 1.807) is 23.0 Å². The number of rotatable bonds is 7. The zero-order chi connectivity index (χ0) is 22.5. The lowest BCUT2D eigenvalue weighted by Gasteiger charge is -2.24. The van der Waals surface area contributed by atoms with Crippen LogP contribution >= 0.6 is 0 Å². The third-order valence-electron chi connectivity index (χ3n) is 5.50. The first-order valence-corrected chi connectivity index (χ1v) is 10.9. The van der Waals surface area contributed by atoms with Crippen LogP contribution in [-0.2, 0) is 15.9 Å². The van der Waals surface area contributed by atoms with Crippen molar-refractivity contribution in [3.05, 3.63) is 102 Å². The molecule has 1 unspecified atom stereocenters. The summed E-state index contributed by atoms with van der Waals surface area (Å²) in [4.78, 5) is 17.8. The van der Waals surface area contributed by atoms with Crippen LogP contribution in [0.15, 0.2) is 91.3 Å². The fourth-order valence-electron chi connectivity index (χ4n) is 3.90. The number of hydrogen-bond acceptors (Lipinski definition) is 5. The van der Waals surface area contributed by atoms with Gasteiger partial charge in [-0.25, -0.2) is 9.67 Å². The fourth-order valence-corrected chi connectivity index (χ4v) is 3.90. The van der Waals surface area contributed by atoms with Gasteiger partial charge >= 0.3 is 0 Å². The van der Waals surface area contributed by atoms with E-state index in [1.807, 2.05) is 72.9 Å². The molecule has 0 spiro atoms. The molecule has 1 aliphatic heterocycles. The summed E-state index contributed by atoms with van der Waals surface area (Å²) in [6.45, 7) is 1.03. The Morgan fingerprint density at radius 3 is 2.45 bits per heavy atom. The number of ether oxygens (including phenoxy) is 2. The SMILES string of the molecule is O=C(NC(Cc1ccccc1)C1OCCO1)c1cccnc1-n1ccc(-c2ccccc2)n1. The Kier molecular flexibility index (Phi) is 6.23. The van der Waals surface area contributed by atoms with E-state index in [0.29, 0.717) is 31.0 Å². The van der Waals surface area contributed by atoms with Crippen LogP contribution in [0.5, 0.6) is 0 Å². The van der Waals surface area contributed by atoms with Crippen molar-refractivity contribution in [3.8, 4) is 17.1 Å². The minimum Gasteiger partial charge on any atom is -0.348 e. The van der Waals surface area contributed by atoms with Crippen molar-refractivity contribution in [1.82, 2.24) is 20.1 Å². The molecule has 1 fully saturated rings. The molecule has 0 bridgehead atoms. The first-order chi connectivity index (χ1) is 16.3. The monoisotopic (exact) mass is 440 g/mol. The molecule has 5 rings (SSSR count). The molecule has 1 amide bonds. The number of hydrogen-bond donors (Lipinski definition) is 1. The number of carbonyl (C=O) groups is 1. The van der Waals surface area contributed by atoms with Gasteiger partial charge in [0.1, 0.15) is 0 Å². The van der Waals surface area contributed by atoms with E-state index in [2.05, 4.69) is 15.4 Å². The maximum Gasteiger partial charge on any atom is 0.255 e. The third kappa shape index (κ3) is 4.84. The first kappa shape index (κ1) is 21.1. The Morgan fingerprint density at radius 1 is 0.970 bits per heavy atom. The molecule has 1 aliphatic rings. The Balaban J connectivity index is 1.40. The highest BCUT2D eigenvalue weighted by molar-refractivity contribution is 5.97. The summed E-state index contributed by atoms with van der Waals surface area (Å²) in [5, 5.41) is 7.75. The number of nitrogens with one attached hydrogen (secondary N) is 1. The summed E-state index contributed by atoms with van der Waals surface area (Å²) in [6, 6.07) is 24.9. The number of aromatic nitrogens is 3. The summed E-state index contributed by atoms with van der Waals surface area (Å²) in [7, 11) is 0. The number of carbonyl (C=O) groups excluding carboxylic acids is 1. The van der Waals surface area contributed by atoms with E-state index in [4.69, 9.17) is 9.47 Å². The van der Waals surface area contributed by atoms with Gasteiger partial charge in [-0.2, -0.15) is 5.10 Å². The highest BCUT2D eigenvalue weighted by atomic mass is 16.7. The van der Waals surface area contributed by atoms with Crippen molar-refractivity contribution >= 4 is 5.91 Å². The topological polar surface area (TPSA) is 78.3 Å². The van der Waals surface area contributed by atoms with Gasteiger partial charge in [0.05, 0.1) is 30.5 Å². The van der Waals surface area contributed by atoms with Crippen LogP contribution in [0.2, 0.25) is 0 Å². The van der Waals surface area contributed by atoms with Crippen LogP contribution in [0.25, 0.3) is 17.1 Å². The summed E-state index contributed by atoms with van der Waals surface area (Å²) >= 11 is 0. The van der Waals surface area contributed by atoms with Crippen molar-refractivity contribution in [2.24, 2.45) is 0 Å². The number of nitrogens with zero attached hydrogens (tertiary/aromatic N) is 3. The van der Waals surface area contributed by atoms with E-state index >= 15 is 0 Å². The van der Waals surface area contributed by atoms with E-state index in [1.165, 1.54) is 0 Å². The predicted octanol–water partition coefficient (Wildman–Crippen LogP) is 3.65. The zero-order valence-electron chi connectivity index (χ0n) is 18.0. The molecule has 7 nitrogen and oxygen atoms in total. The normalized spacial score (nSPS) is 14.8. The van der Waals surface area contributed by atoms with Crippen LogP contribution in [-0.4, -0.2) is 46.2 Å². The van der Waals surface area contributed by atoms with Crippen LogP contribution < -0.4 is 5.32 Å². The second-order valence-corrected chi connectivity index (χ2v) is 7.77. The van der Waals surface area contributed by atoms with Crippen molar-refractivity contribution in [3.63, 3.8) is 0 Å². The molecule has 3 heterocycles. The largest absolute Gasteiger partial charge is 0.348 e. The Morgan fingerprint density at radius 2 is 1.70 bits per heavy atom. The lowest BCUT2D eigenvalue weighted by atomic mass is 10.0. The summed E-state index contributed by atoms with van der Waals surface area (Å²) in [5.41, 5.74) is 3.32. The molecule has 4 aromatic rings. The lowest BCUT2D eigenvalue weighted by molar-refractivity contribution is -0.0652. The molecule has 1 atom stereocenters. The minimum absolute atomic E-state index is 0.255. The highest BCUT2D eigenvalue weighted by Crippen LogP contribution is 2.20. The quantitative estimate of drug-likeness (QED) is 0.475. The standard InChI is InChI=1S/C26H24N4O3/c31-25(28-23(26-32-16-17-33-26)18-19-8-3-1-4-9-19)21-12-7-14-27-24(21)30-15-13-22(29-30)20-10-5-2-6-11-20/h1-15,23,26H,16-18H2,(H,28,31). The Labute approximate surface area is 192 Å². The molecule has 33 heavy (non-hydrogen) atoms. The van der Waals surface area contributed by atoms with Gasteiger partial charge in [0, 0.05) is 18.0 Å². The maximum absolute atomic E-state index is 13.4. The molecule has 0 radical (unpaired) electrons. The second kappa shape index (κ2) is 9.77. The second-order valence-electron chi connectivity index (χ2n) is 7.77. The summed E-state index contributed by atoms with van der Waals surface area (Å²) in [6.07, 6.45) is 3.56. The van der Waals surface area contributed by atoms with Crippen molar-refractivity contribution in [2.45, 2.75) is 18.8 Å². The Bertz CT molecular complexity index is 1200. The average molecular weight is 441 g/mol. The van der Waals surface area contributed by atoms with Crippen LogP contribution in [0, 0.1) is 0 Å². The fraction of sp³-hybridized carbons (Fsp3) is 0.192. The average Bonchev–Trinajstić information content (AvgIpc) is 3.58. The summed E-state index contributed by atoms with van der Waals surface area (Å²) < 4.78 is 13.1. The minimum atomic E-state index is -0.497. The van der Waals surface area contributed by atoms with Crippen molar-refractivity contribution in [2.75, 3.05) is 13.2 Å². The van der Waals surface area contributed by atoms with Crippen molar-refractivity contribution < 1.29 is 14.3 Å². The van der Waals surface area contributed by atoms with E-state index in [-0.39, 0.29) is 11.9 Å². The van der Waals surface area contributed by atoms with Crippen LogP contribution in [0.1, 0.15) is 15.9 Å². The van der Waals surface area contributed by atoms with Gasteiger partial charge in [-0.1, -0.05) is 60.7 Å². The zero-order valence-corrected chi connectivity index (χ0v) is 18.0. The molecule has 1 N–H and O–H groups in total. The smallest absolute Gasteiger partial charge is 0.255 e. The van der Waals surface area contributed by atoms with Crippen LogP contribution in [0.4, 0.5) is 0 Å². The molecule has 7 heteroatoms. The molecule has 0 aliphatic carbocycles. The van der Waals surface area contributed by atoms with Gasteiger partial charge in [0.25, 0.3) is 5.91 Å². The van der Waals surface area contributed by atoms with E-state index in [9.17, 15) is 4.79 Å². The molecule has 2 aromatic heterocycles. The highest BCUT2D eigenvalue weighted by Gasteiger charge is 2.29. The lowest BCUT2D eigenvalue weighted by Crippen LogP contribution is -2.45. The molecular weight excluding hydrogens is 416 g/mol. The Hall–Kier alpha value is -3.81. The van der Waals surface area contributed by atoms with Gasteiger partial charge in [0.2, 0.25) is 0 Å². The number of pyridine rings is 1. The third-order valence-corrected chi connectivity index (χ3v) is 5.50. The van der Waals surface area contributed by atoms with Gasteiger partial charge in [-0.15, -0.1) is 0 Å². The van der Waals surface area contributed by atoms with Crippen molar-refractivity contribution in [1.29, 1.82) is 0 Å².